The van der Waals surface area contributed by atoms with Gasteiger partial charge in [-0.25, -0.2) is 14.4 Å². The number of anilines is 2. The van der Waals surface area contributed by atoms with Crippen LogP contribution in [0.2, 0.25) is 0 Å². The van der Waals surface area contributed by atoms with Gasteiger partial charge in [0.2, 0.25) is 6.79 Å². The van der Waals surface area contributed by atoms with Crippen molar-refractivity contribution in [1.82, 2.24) is 9.97 Å². The molecule has 0 radical (unpaired) electrons. The van der Waals surface area contributed by atoms with E-state index in [2.05, 4.69) is 15.3 Å². The Morgan fingerprint density at radius 1 is 1.29 bits per heavy atom. The lowest BCUT2D eigenvalue weighted by molar-refractivity contribution is 0.100. The molecule has 1 saturated carbocycles. The highest BCUT2D eigenvalue weighted by atomic mass is 19.1. The summed E-state index contributed by atoms with van der Waals surface area (Å²) in [6, 6.07) is 1.33. The third-order valence-electron chi connectivity index (χ3n) is 5.06. The highest BCUT2D eigenvalue weighted by Crippen LogP contribution is 2.37. The molecule has 148 valence electrons. The minimum atomic E-state index is -0.891. The lowest BCUT2D eigenvalue weighted by Gasteiger charge is -2.30. The number of hydrogen-bond donors (Lipinski definition) is 4. The number of nitrogen functional groups attached to an aromatic ring is 1. The fraction of sp³-hybridized carbons (Fsp3) is 0.389. The van der Waals surface area contributed by atoms with Gasteiger partial charge in [-0.2, -0.15) is 0 Å². The van der Waals surface area contributed by atoms with E-state index in [-0.39, 0.29) is 41.6 Å². The van der Waals surface area contributed by atoms with E-state index < -0.39 is 11.7 Å². The molecule has 28 heavy (non-hydrogen) atoms. The molecular formula is C18H21FN6O3. The summed E-state index contributed by atoms with van der Waals surface area (Å²) in [6.07, 6.45) is 5.09. The van der Waals surface area contributed by atoms with Crippen molar-refractivity contribution in [3.8, 4) is 22.9 Å². The van der Waals surface area contributed by atoms with E-state index in [4.69, 9.17) is 26.7 Å². The monoisotopic (exact) mass is 388 g/mol. The first-order valence-electron chi connectivity index (χ1n) is 9.02. The molecule has 3 heterocycles. The normalized spacial score (nSPS) is 20.8. The third-order valence-corrected chi connectivity index (χ3v) is 5.06. The number of carbonyl (C=O) groups is 1. The standard InChI is InChI=1S/C18H21FN6O3/c19-13-14(21)12(16(22)26)15(8-5-11-18(23-6-8)28-7-27-11)25-17(13)24-10-4-2-1-3-9(10)20/h5-6,9-10H,1-4,7,20H2,(H2,22,26)(H3,21,24,25). The van der Waals surface area contributed by atoms with Crippen LogP contribution in [0.1, 0.15) is 36.0 Å². The second-order valence-electron chi connectivity index (χ2n) is 6.91. The Bertz CT molecular complexity index is 938. The number of carbonyl (C=O) groups excluding carboxylic acids is 1. The zero-order valence-electron chi connectivity index (χ0n) is 15.1. The predicted molar refractivity (Wildman–Crippen MR) is 100 cm³/mol. The molecular weight excluding hydrogens is 367 g/mol. The minimum absolute atomic E-state index is 0.0415. The molecule has 2 aromatic rings. The summed E-state index contributed by atoms with van der Waals surface area (Å²) in [5.41, 5.74) is 17.4. The van der Waals surface area contributed by atoms with Crippen molar-refractivity contribution >= 4 is 17.4 Å². The van der Waals surface area contributed by atoms with Crippen LogP contribution < -0.4 is 32.0 Å². The van der Waals surface area contributed by atoms with Gasteiger partial charge in [-0.15, -0.1) is 0 Å². The number of ether oxygens (including phenoxy) is 2. The van der Waals surface area contributed by atoms with Gasteiger partial charge in [-0.05, 0) is 18.9 Å². The van der Waals surface area contributed by atoms with E-state index >= 15 is 0 Å². The van der Waals surface area contributed by atoms with Gasteiger partial charge >= 0.3 is 0 Å². The number of nitrogens with zero attached hydrogens (tertiary/aromatic N) is 2. The number of amides is 1. The average Bonchev–Trinajstić information content (AvgIpc) is 3.14. The van der Waals surface area contributed by atoms with Crippen LogP contribution in [0.5, 0.6) is 11.6 Å². The van der Waals surface area contributed by atoms with E-state index in [9.17, 15) is 9.18 Å². The van der Waals surface area contributed by atoms with E-state index in [0.717, 1.165) is 25.7 Å². The molecule has 0 saturated heterocycles. The van der Waals surface area contributed by atoms with Crippen LogP contribution in [0.15, 0.2) is 12.3 Å². The number of primary amides is 1. The number of hydrogen-bond acceptors (Lipinski definition) is 8. The van der Waals surface area contributed by atoms with Gasteiger partial charge in [0.15, 0.2) is 17.4 Å². The Labute approximate surface area is 160 Å². The minimum Gasteiger partial charge on any atom is -0.452 e. The number of fused-ring (bicyclic) bond motifs is 1. The number of nitrogens with one attached hydrogen (secondary N) is 1. The summed E-state index contributed by atoms with van der Waals surface area (Å²) in [7, 11) is 0. The van der Waals surface area contributed by atoms with Gasteiger partial charge < -0.3 is 32.0 Å². The summed E-state index contributed by atoms with van der Waals surface area (Å²) in [4.78, 5) is 20.4. The second-order valence-corrected chi connectivity index (χ2v) is 6.91. The van der Waals surface area contributed by atoms with E-state index in [1.807, 2.05) is 0 Å². The molecule has 2 atom stereocenters. The van der Waals surface area contributed by atoms with E-state index in [1.54, 1.807) is 6.07 Å². The molecule has 7 N–H and O–H groups in total. The molecule has 1 amide bonds. The van der Waals surface area contributed by atoms with Crippen LogP contribution in [0.4, 0.5) is 15.9 Å². The van der Waals surface area contributed by atoms with Gasteiger partial charge in [0.05, 0.1) is 16.9 Å². The van der Waals surface area contributed by atoms with Crippen LogP contribution >= 0.6 is 0 Å². The van der Waals surface area contributed by atoms with Crippen molar-refractivity contribution < 1.29 is 18.7 Å². The van der Waals surface area contributed by atoms with Crippen LogP contribution in [0.25, 0.3) is 11.3 Å². The zero-order chi connectivity index (χ0) is 19.8. The molecule has 0 bridgehead atoms. The van der Waals surface area contributed by atoms with Crippen molar-refractivity contribution in [3.63, 3.8) is 0 Å². The predicted octanol–water partition coefficient (Wildman–Crippen LogP) is 1.37. The van der Waals surface area contributed by atoms with Gasteiger partial charge in [0.25, 0.3) is 11.8 Å². The lowest BCUT2D eigenvalue weighted by atomic mass is 9.91. The maximum absolute atomic E-state index is 14.9. The molecule has 1 fully saturated rings. The van der Waals surface area contributed by atoms with Crippen molar-refractivity contribution in [2.45, 2.75) is 37.8 Å². The lowest BCUT2D eigenvalue weighted by Crippen LogP contribution is -2.43. The molecule has 10 heteroatoms. The zero-order valence-corrected chi connectivity index (χ0v) is 15.1. The largest absolute Gasteiger partial charge is 0.452 e. The molecule has 0 spiro atoms. The second kappa shape index (κ2) is 7.12. The van der Waals surface area contributed by atoms with Crippen molar-refractivity contribution in [3.05, 3.63) is 23.6 Å². The molecule has 2 aromatic heterocycles. The fourth-order valence-electron chi connectivity index (χ4n) is 3.57. The molecule has 1 aliphatic heterocycles. The molecule has 4 rings (SSSR count). The van der Waals surface area contributed by atoms with Crippen LogP contribution in [-0.2, 0) is 0 Å². The molecule has 2 unspecified atom stereocenters. The number of aromatic nitrogens is 2. The van der Waals surface area contributed by atoms with Crippen molar-refractivity contribution in [2.24, 2.45) is 11.5 Å². The smallest absolute Gasteiger partial charge is 0.260 e. The topological polar surface area (TPSA) is 151 Å². The first-order valence-corrected chi connectivity index (χ1v) is 9.02. The maximum atomic E-state index is 14.9. The number of rotatable bonds is 4. The van der Waals surface area contributed by atoms with Gasteiger partial charge in [-0.1, -0.05) is 12.8 Å². The fourth-order valence-corrected chi connectivity index (χ4v) is 3.57. The quantitative estimate of drug-likeness (QED) is 0.613. The summed E-state index contributed by atoms with van der Waals surface area (Å²) >= 11 is 0. The number of pyridine rings is 2. The Balaban J connectivity index is 1.80. The van der Waals surface area contributed by atoms with Gasteiger partial charge in [-0.3, -0.25) is 4.79 Å². The van der Waals surface area contributed by atoms with Crippen molar-refractivity contribution in [1.29, 1.82) is 0 Å². The van der Waals surface area contributed by atoms with Crippen LogP contribution in [-0.4, -0.2) is 34.8 Å². The molecule has 1 aliphatic carbocycles. The average molecular weight is 388 g/mol. The Kier molecular flexibility index (Phi) is 4.63. The van der Waals surface area contributed by atoms with Crippen LogP contribution in [0.3, 0.4) is 0 Å². The molecule has 9 nitrogen and oxygen atoms in total. The summed E-state index contributed by atoms with van der Waals surface area (Å²) in [5, 5.41) is 3.05. The number of halogens is 1. The third kappa shape index (κ3) is 3.15. The van der Waals surface area contributed by atoms with Gasteiger partial charge in [0.1, 0.15) is 0 Å². The molecule has 0 aromatic carbocycles. The Morgan fingerprint density at radius 2 is 2.07 bits per heavy atom. The Hall–Kier alpha value is -3.14. The summed E-state index contributed by atoms with van der Waals surface area (Å²) in [5.74, 6) is -1.08. The Morgan fingerprint density at radius 3 is 2.82 bits per heavy atom. The summed E-state index contributed by atoms with van der Waals surface area (Å²) in [6.45, 7) is 0.0415. The summed E-state index contributed by atoms with van der Waals surface area (Å²) < 4.78 is 25.4. The highest BCUT2D eigenvalue weighted by Gasteiger charge is 2.28. The first-order chi connectivity index (χ1) is 13.5. The SMILES string of the molecule is NC(=O)c1c(-c2cnc3c(c2)OCO3)nc(NC2CCCCC2N)c(F)c1N. The maximum Gasteiger partial charge on any atom is 0.260 e. The van der Waals surface area contributed by atoms with Gasteiger partial charge in [0, 0.05) is 23.8 Å². The highest BCUT2D eigenvalue weighted by molar-refractivity contribution is 6.04. The number of nitrogens with two attached hydrogens (primary N) is 3. The molecule has 2 aliphatic rings. The first kappa shape index (κ1) is 18.2. The van der Waals surface area contributed by atoms with Crippen LogP contribution in [0, 0.1) is 5.82 Å². The van der Waals surface area contributed by atoms with E-state index in [0.29, 0.717) is 17.2 Å². The van der Waals surface area contributed by atoms with E-state index in [1.165, 1.54) is 6.20 Å². The van der Waals surface area contributed by atoms with Crippen molar-refractivity contribution in [2.75, 3.05) is 17.8 Å².